The van der Waals surface area contributed by atoms with Gasteiger partial charge >= 0.3 is 0 Å². The third-order valence-corrected chi connectivity index (χ3v) is 5.96. The summed E-state index contributed by atoms with van der Waals surface area (Å²) in [6, 6.07) is 15.3. The quantitative estimate of drug-likeness (QED) is 0.695. The summed E-state index contributed by atoms with van der Waals surface area (Å²) >= 11 is 3.55. The molecule has 138 valence electrons. The number of benzene rings is 2. The lowest BCUT2D eigenvalue weighted by molar-refractivity contribution is -0.119. The van der Waals surface area contributed by atoms with Crippen molar-refractivity contribution in [2.24, 2.45) is 0 Å². The monoisotopic (exact) mass is 425 g/mol. The fourth-order valence-electron chi connectivity index (χ4n) is 4.03. The van der Waals surface area contributed by atoms with Crippen LogP contribution in [-0.2, 0) is 9.59 Å². The average molecular weight is 426 g/mol. The number of amides is 1. The number of halogens is 1. The molecule has 0 radical (unpaired) electrons. The van der Waals surface area contributed by atoms with Crippen molar-refractivity contribution in [1.82, 2.24) is 0 Å². The molecule has 0 saturated carbocycles. The van der Waals surface area contributed by atoms with Gasteiger partial charge in [0.25, 0.3) is 0 Å². The van der Waals surface area contributed by atoms with E-state index in [2.05, 4.69) is 15.9 Å². The van der Waals surface area contributed by atoms with Crippen LogP contribution in [0.1, 0.15) is 37.2 Å². The number of rotatable bonds is 3. The normalized spacial score (nSPS) is 19.9. The van der Waals surface area contributed by atoms with Crippen LogP contribution >= 0.6 is 15.9 Å². The van der Waals surface area contributed by atoms with E-state index in [9.17, 15) is 9.59 Å². The van der Waals surface area contributed by atoms with Crippen molar-refractivity contribution in [3.05, 3.63) is 69.8 Å². The van der Waals surface area contributed by atoms with Gasteiger partial charge in [-0.2, -0.15) is 0 Å². The maximum atomic E-state index is 13.2. The molecule has 1 atom stereocenters. The second-order valence-electron chi connectivity index (χ2n) is 6.85. The molecule has 0 fully saturated rings. The van der Waals surface area contributed by atoms with Crippen molar-refractivity contribution < 1.29 is 14.3 Å². The number of allylic oxidation sites excluding steroid dienone is 2. The molecular weight excluding hydrogens is 406 g/mol. The predicted octanol–water partition coefficient (Wildman–Crippen LogP) is 4.99. The number of hydrogen-bond donors (Lipinski definition) is 0. The Bertz CT molecular complexity index is 933. The van der Waals surface area contributed by atoms with Gasteiger partial charge in [0.15, 0.2) is 5.78 Å². The van der Waals surface area contributed by atoms with Crippen LogP contribution in [0.4, 0.5) is 5.69 Å². The molecule has 1 aliphatic carbocycles. The molecule has 4 rings (SSSR count). The molecule has 0 aromatic heterocycles. The van der Waals surface area contributed by atoms with Crippen LogP contribution in [0.2, 0.25) is 0 Å². The number of ketones is 1. The second-order valence-corrected chi connectivity index (χ2v) is 7.70. The van der Waals surface area contributed by atoms with Gasteiger partial charge < -0.3 is 4.74 Å². The van der Waals surface area contributed by atoms with Crippen molar-refractivity contribution in [2.45, 2.75) is 31.6 Å². The number of carbonyl (C=O) groups excluding carboxylic acids is 2. The Morgan fingerprint density at radius 3 is 2.48 bits per heavy atom. The molecular formula is C22H20BrNO3. The first-order valence-corrected chi connectivity index (χ1v) is 9.87. The van der Waals surface area contributed by atoms with Crippen molar-refractivity contribution in [2.75, 3.05) is 12.0 Å². The zero-order valence-corrected chi connectivity index (χ0v) is 16.7. The molecule has 0 N–H and O–H groups in total. The van der Waals surface area contributed by atoms with E-state index in [0.29, 0.717) is 6.42 Å². The summed E-state index contributed by atoms with van der Waals surface area (Å²) < 4.78 is 6.09. The van der Waals surface area contributed by atoms with Gasteiger partial charge in [0, 0.05) is 34.5 Å². The minimum Gasteiger partial charge on any atom is -0.497 e. The number of nitrogens with zero attached hydrogens (tertiary/aromatic N) is 1. The number of para-hydroxylation sites is 1. The highest BCUT2D eigenvalue weighted by Crippen LogP contribution is 2.44. The van der Waals surface area contributed by atoms with Crippen molar-refractivity contribution in [3.8, 4) is 5.75 Å². The zero-order chi connectivity index (χ0) is 19.0. The van der Waals surface area contributed by atoms with Crippen LogP contribution in [0, 0.1) is 0 Å². The SMILES string of the molecule is COc1ccc(C2CC(=O)N(c3ccccc3Br)C3=C2C(=O)CCC3)cc1. The van der Waals surface area contributed by atoms with Crippen molar-refractivity contribution in [3.63, 3.8) is 0 Å². The fraction of sp³-hybridized carbons (Fsp3) is 0.273. The van der Waals surface area contributed by atoms with Gasteiger partial charge in [-0.25, -0.2) is 0 Å². The summed E-state index contributed by atoms with van der Waals surface area (Å²) in [5, 5.41) is 0. The topological polar surface area (TPSA) is 46.6 Å². The summed E-state index contributed by atoms with van der Waals surface area (Å²) in [5.74, 6) is 0.752. The molecule has 2 aromatic rings. The standard InChI is InChI=1S/C22H20BrNO3/c1-27-15-11-9-14(10-12-15)16-13-21(26)24(18-6-3-2-5-17(18)23)19-7-4-8-20(25)22(16)19/h2-3,5-6,9-12,16H,4,7-8,13H2,1H3. The number of Topliss-reactive ketones (excluding diaryl/α,β-unsaturated/α-hetero) is 1. The molecule has 27 heavy (non-hydrogen) atoms. The second kappa shape index (κ2) is 7.31. The fourth-order valence-corrected chi connectivity index (χ4v) is 4.49. The van der Waals surface area contributed by atoms with E-state index in [1.54, 1.807) is 12.0 Å². The van der Waals surface area contributed by atoms with Crippen LogP contribution < -0.4 is 9.64 Å². The molecule has 4 nitrogen and oxygen atoms in total. The maximum Gasteiger partial charge on any atom is 0.232 e. The molecule has 1 aliphatic heterocycles. The van der Waals surface area contributed by atoms with E-state index in [1.165, 1.54) is 0 Å². The summed E-state index contributed by atoms with van der Waals surface area (Å²) in [5.41, 5.74) is 3.44. The van der Waals surface area contributed by atoms with Gasteiger partial charge in [0.2, 0.25) is 5.91 Å². The molecule has 1 heterocycles. The van der Waals surface area contributed by atoms with E-state index < -0.39 is 0 Å². The first-order chi connectivity index (χ1) is 13.1. The number of methoxy groups -OCH3 is 1. The molecule has 0 spiro atoms. The molecule has 5 heteroatoms. The molecule has 0 bridgehead atoms. The van der Waals surface area contributed by atoms with Crippen molar-refractivity contribution in [1.29, 1.82) is 0 Å². The van der Waals surface area contributed by atoms with Crippen LogP contribution in [-0.4, -0.2) is 18.8 Å². The Balaban J connectivity index is 1.84. The minimum atomic E-state index is -0.190. The molecule has 2 aliphatic rings. The Hall–Kier alpha value is -2.40. The van der Waals surface area contributed by atoms with E-state index in [1.807, 2.05) is 48.5 Å². The van der Waals surface area contributed by atoms with Crippen LogP contribution in [0.5, 0.6) is 5.75 Å². The third-order valence-electron chi connectivity index (χ3n) is 5.29. The highest BCUT2D eigenvalue weighted by molar-refractivity contribution is 9.10. The van der Waals surface area contributed by atoms with E-state index in [-0.39, 0.29) is 24.0 Å². The predicted molar refractivity (Wildman–Crippen MR) is 108 cm³/mol. The van der Waals surface area contributed by atoms with Crippen LogP contribution in [0.3, 0.4) is 0 Å². The van der Waals surface area contributed by atoms with Gasteiger partial charge in [0.05, 0.1) is 12.8 Å². The van der Waals surface area contributed by atoms with Gasteiger partial charge in [-0.15, -0.1) is 0 Å². The smallest absolute Gasteiger partial charge is 0.232 e. The average Bonchev–Trinajstić information content (AvgIpc) is 2.68. The summed E-state index contributed by atoms with van der Waals surface area (Å²) in [4.78, 5) is 27.8. The Labute approximate surface area is 167 Å². The number of carbonyl (C=O) groups is 2. The Morgan fingerprint density at radius 2 is 1.78 bits per heavy atom. The number of anilines is 1. The maximum absolute atomic E-state index is 13.2. The lowest BCUT2D eigenvalue weighted by Crippen LogP contribution is -2.40. The van der Waals surface area contributed by atoms with Crippen molar-refractivity contribution >= 4 is 33.3 Å². The summed E-state index contributed by atoms with van der Waals surface area (Å²) in [6.45, 7) is 0. The lowest BCUT2D eigenvalue weighted by atomic mass is 9.77. The van der Waals surface area contributed by atoms with Gasteiger partial charge in [-0.3, -0.25) is 14.5 Å². The van der Waals surface area contributed by atoms with Crippen LogP contribution in [0.25, 0.3) is 0 Å². The van der Waals surface area contributed by atoms with Gasteiger partial charge in [0.1, 0.15) is 5.75 Å². The number of hydrogen-bond acceptors (Lipinski definition) is 3. The van der Waals surface area contributed by atoms with Crippen LogP contribution in [0.15, 0.2) is 64.3 Å². The zero-order valence-electron chi connectivity index (χ0n) is 15.1. The highest BCUT2D eigenvalue weighted by Gasteiger charge is 2.40. The van der Waals surface area contributed by atoms with E-state index in [0.717, 1.165) is 45.6 Å². The summed E-state index contributed by atoms with van der Waals surface area (Å²) in [7, 11) is 1.63. The third kappa shape index (κ3) is 3.21. The lowest BCUT2D eigenvalue weighted by Gasteiger charge is -2.38. The molecule has 1 unspecified atom stereocenters. The molecule has 2 aromatic carbocycles. The van der Waals surface area contributed by atoms with Gasteiger partial charge in [-0.05, 0) is 58.6 Å². The summed E-state index contributed by atoms with van der Waals surface area (Å²) in [6.07, 6.45) is 2.35. The first-order valence-electron chi connectivity index (χ1n) is 9.08. The number of ether oxygens (including phenoxy) is 1. The van der Waals surface area contributed by atoms with E-state index >= 15 is 0 Å². The Kier molecular flexibility index (Phi) is 4.87. The first kappa shape index (κ1) is 18.0. The van der Waals surface area contributed by atoms with E-state index in [4.69, 9.17) is 4.74 Å². The Morgan fingerprint density at radius 1 is 1.04 bits per heavy atom. The highest BCUT2D eigenvalue weighted by atomic mass is 79.9. The largest absolute Gasteiger partial charge is 0.497 e. The minimum absolute atomic E-state index is 0.0242. The molecule has 1 amide bonds. The molecule has 0 saturated heterocycles. The van der Waals surface area contributed by atoms with Gasteiger partial charge in [-0.1, -0.05) is 24.3 Å².